The Labute approximate surface area is 120 Å². The lowest BCUT2D eigenvalue weighted by Crippen LogP contribution is -2.17. The molecule has 112 valence electrons. The number of nitrogen functional groups attached to an aromatic ring is 1. The number of nitrogens with two attached hydrogens (primary N) is 1. The van der Waals surface area contributed by atoms with Crippen molar-refractivity contribution in [2.75, 3.05) is 12.3 Å². The largest absolute Gasteiger partial charge is 0.462 e. The van der Waals surface area contributed by atoms with E-state index in [0.717, 1.165) is 0 Å². The van der Waals surface area contributed by atoms with Gasteiger partial charge in [-0.25, -0.2) is 13.2 Å². The topological polar surface area (TPSA) is 86.5 Å². The zero-order valence-electron chi connectivity index (χ0n) is 12.0. The van der Waals surface area contributed by atoms with Crippen molar-refractivity contribution in [3.8, 4) is 0 Å². The number of carbonyl (C=O) groups is 1. The summed E-state index contributed by atoms with van der Waals surface area (Å²) in [4.78, 5) is 11.8. The van der Waals surface area contributed by atoms with Crippen molar-refractivity contribution in [2.24, 2.45) is 0 Å². The molecule has 0 saturated carbocycles. The Morgan fingerprint density at radius 2 is 2.00 bits per heavy atom. The fourth-order valence-electron chi connectivity index (χ4n) is 1.54. The molecule has 0 saturated heterocycles. The highest BCUT2D eigenvalue weighted by Crippen LogP contribution is 2.19. The first-order valence-corrected chi connectivity index (χ1v) is 8.26. The Hall–Kier alpha value is -1.56. The zero-order chi connectivity index (χ0) is 15.3. The van der Waals surface area contributed by atoms with Crippen LogP contribution in [0.15, 0.2) is 18.2 Å². The van der Waals surface area contributed by atoms with Crippen LogP contribution < -0.4 is 5.73 Å². The minimum absolute atomic E-state index is 0.112. The lowest BCUT2D eigenvalue weighted by molar-refractivity contribution is 0.0506. The van der Waals surface area contributed by atoms with Crippen molar-refractivity contribution < 1.29 is 17.9 Å². The fourth-order valence-corrected chi connectivity index (χ4v) is 2.52. The van der Waals surface area contributed by atoms with Crippen LogP contribution in [0.4, 0.5) is 5.69 Å². The first kappa shape index (κ1) is 16.5. The molecule has 6 heteroatoms. The van der Waals surface area contributed by atoms with E-state index in [1.807, 2.05) is 6.92 Å². The molecule has 1 aromatic rings. The maximum atomic E-state index is 11.9. The van der Waals surface area contributed by atoms with Gasteiger partial charge >= 0.3 is 5.97 Å². The molecule has 0 aliphatic rings. The van der Waals surface area contributed by atoms with Crippen LogP contribution in [0.5, 0.6) is 0 Å². The maximum absolute atomic E-state index is 11.9. The highest BCUT2D eigenvalue weighted by Gasteiger charge is 2.19. The first-order valence-electron chi connectivity index (χ1n) is 6.55. The fraction of sp³-hybridized carbons (Fsp3) is 0.500. The van der Waals surface area contributed by atoms with Gasteiger partial charge in [0, 0.05) is 5.69 Å². The van der Waals surface area contributed by atoms with Crippen molar-refractivity contribution in [2.45, 2.75) is 38.2 Å². The van der Waals surface area contributed by atoms with E-state index in [1.54, 1.807) is 19.9 Å². The van der Waals surface area contributed by atoms with Crippen LogP contribution in [0.25, 0.3) is 0 Å². The Balaban J connectivity index is 3.00. The summed E-state index contributed by atoms with van der Waals surface area (Å²) in [6.45, 7) is 5.46. The van der Waals surface area contributed by atoms with Gasteiger partial charge in [0.1, 0.15) is 0 Å². The molecule has 0 heterocycles. The summed E-state index contributed by atoms with van der Waals surface area (Å²) in [5.74, 6) is -0.632. The molecule has 5 nitrogen and oxygen atoms in total. The predicted octanol–water partition coefficient (Wildman–Crippen LogP) is 2.16. The Morgan fingerprint density at radius 3 is 2.55 bits per heavy atom. The van der Waals surface area contributed by atoms with E-state index < -0.39 is 21.1 Å². The van der Waals surface area contributed by atoms with Gasteiger partial charge in [-0.15, -0.1) is 0 Å². The zero-order valence-corrected chi connectivity index (χ0v) is 12.9. The minimum Gasteiger partial charge on any atom is -0.462 e. The Bertz CT molecular complexity index is 579. The van der Waals surface area contributed by atoms with Crippen LogP contribution in [0.3, 0.4) is 0 Å². The molecular weight excluding hydrogens is 278 g/mol. The molecule has 20 heavy (non-hydrogen) atoms. The van der Waals surface area contributed by atoms with Gasteiger partial charge in [-0.1, -0.05) is 13.0 Å². The van der Waals surface area contributed by atoms with E-state index in [4.69, 9.17) is 10.5 Å². The lowest BCUT2D eigenvalue weighted by atomic mass is 10.1. The second-order valence-corrected chi connectivity index (χ2v) is 7.47. The van der Waals surface area contributed by atoms with Gasteiger partial charge in [0.15, 0.2) is 9.84 Å². The molecule has 0 fully saturated rings. The number of hydrogen-bond acceptors (Lipinski definition) is 5. The predicted molar refractivity (Wildman–Crippen MR) is 79.2 cm³/mol. The van der Waals surface area contributed by atoms with Gasteiger partial charge < -0.3 is 10.5 Å². The first-order chi connectivity index (χ1) is 9.27. The van der Waals surface area contributed by atoms with Crippen LogP contribution in [0.1, 0.15) is 43.1 Å². The van der Waals surface area contributed by atoms with Crippen LogP contribution in [0.2, 0.25) is 0 Å². The Kier molecular flexibility index (Phi) is 5.56. The number of esters is 1. The van der Waals surface area contributed by atoms with Gasteiger partial charge in [-0.2, -0.15) is 0 Å². The average Bonchev–Trinajstić information content (AvgIpc) is 2.37. The lowest BCUT2D eigenvalue weighted by Gasteiger charge is -2.10. The van der Waals surface area contributed by atoms with Crippen molar-refractivity contribution in [1.82, 2.24) is 0 Å². The number of ether oxygens (including phenoxy) is 1. The summed E-state index contributed by atoms with van der Waals surface area (Å²) >= 11 is 0. The summed E-state index contributed by atoms with van der Waals surface area (Å²) in [5.41, 5.74) is 6.78. The third kappa shape index (κ3) is 4.23. The molecular formula is C14H21NO4S. The molecule has 1 aromatic carbocycles. The number of sulfone groups is 1. The third-order valence-electron chi connectivity index (χ3n) is 2.86. The molecule has 0 atom stereocenters. The monoisotopic (exact) mass is 299 g/mol. The Morgan fingerprint density at radius 1 is 1.35 bits per heavy atom. The molecule has 0 amide bonds. The van der Waals surface area contributed by atoms with Gasteiger partial charge in [0.25, 0.3) is 0 Å². The summed E-state index contributed by atoms with van der Waals surface area (Å²) in [7, 11) is -3.22. The number of benzene rings is 1. The number of anilines is 1. The number of rotatable bonds is 6. The summed E-state index contributed by atoms with van der Waals surface area (Å²) in [5, 5.41) is -0.462. The standard InChI is InChI=1S/C14H21NO4S/c1-4-7-19-14(16)12-8-11(5-6-13(12)15)9-20(17,18)10(2)3/h5-6,8,10H,4,7,9,15H2,1-3H3. The van der Waals surface area contributed by atoms with E-state index in [2.05, 4.69) is 0 Å². The molecule has 0 spiro atoms. The molecule has 0 unspecified atom stereocenters. The van der Waals surface area contributed by atoms with E-state index in [0.29, 0.717) is 18.6 Å². The van der Waals surface area contributed by atoms with E-state index in [9.17, 15) is 13.2 Å². The summed E-state index contributed by atoms with van der Waals surface area (Å²) < 4.78 is 28.8. The second kappa shape index (κ2) is 6.74. The average molecular weight is 299 g/mol. The van der Waals surface area contributed by atoms with Gasteiger partial charge in [0.05, 0.1) is 23.2 Å². The molecule has 0 aromatic heterocycles. The van der Waals surface area contributed by atoms with Gasteiger partial charge in [-0.05, 0) is 38.0 Å². The summed E-state index contributed by atoms with van der Waals surface area (Å²) in [6, 6.07) is 4.65. The molecule has 0 aliphatic carbocycles. The van der Waals surface area contributed by atoms with E-state index in [-0.39, 0.29) is 17.0 Å². The normalized spacial score (nSPS) is 11.6. The number of carbonyl (C=O) groups excluding carboxylic acids is 1. The second-order valence-electron chi connectivity index (χ2n) is 4.91. The summed E-state index contributed by atoms with van der Waals surface area (Å²) in [6.07, 6.45) is 0.715. The van der Waals surface area contributed by atoms with Crippen LogP contribution in [-0.4, -0.2) is 26.2 Å². The van der Waals surface area contributed by atoms with Crippen LogP contribution in [0, 0.1) is 0 Å². The molecule has 0 radical (unpaired) electrons. The number of hydrogen-bond donors (Lipinski definition) is 1. The highest BCUT2D eigenvalue weighted by atomic mass is 32.2. The third-order valence-corrected chi connectivity index (χ3v) is 5.03. The van der Waals surface area contributed by atoms with Gasteiger partial charge in [0.2, 0.25) is 0 Å². The van der Waals surface area contributed by atoms with Crippen LogP contribution >= 0.6 is 0 Å². The quantitative estimate of drug-likeness (QED) is 0.642. The van der Waals surface area contributed by atoms with E-state index in [1.165, 1.54) is 12.1 Å². The SMILES string of the molecule is CCCOC(=O)c1cc(CS(=O)(=O)C(C)C)ccc1N. The van der Waals surface area contributed by atoms with E-state index >= 15 is 0 Å². The molecule has 1 rings (SSSR count). The molecule has 0 bridgehead atoms. The molecule has 0 aliphatic heterocycles. The van der Waals surface area contributed by atoms with Crippen molar-refractivity contribution in [3.05, 3.63) is 29.3 Å². The van der Waals surface area contributed by atoms with Crippen molar-refractivity contribution in [3.63, 3.8) is 0 Å². The minimum atomic E-state index is -3.22. The smallest absolute Gasteiger partial charge is 0.340 e. The molecule has 2 N–H and O–H groups in total. The van der Waals surface area contributed by atoms with Gasteiger partial charge in [-0.3, -0.25) is 0 Å². The van der Waals surface area contributed by atoms with Crippen LogP contribution in [-0.2, 0) is 20.3 Å². The maximum Gasteiger partial charge on any atom is 0.340 e. The van der Waals surface area contributed by atoms with Crippen molar-refractivity contribution >= 4 is 21.5 Å². The highest BCUT2D eigenvalue weighted by molar-refractivity contribution is 7.91. The van der Waals surface area contributed by atoms with Crippen molar-refractivity contribution in [1.29, 1.82) is 0 Å².